The molecule has 76 valence electrons. The minimum absolute atomic E-state index is 0.546. The summed E-state index contributed by atoms with van der Waals surface area (Å²) in [6.07, 6.45) is 0. The summed E-state index contributed by atoms with van der Waals surface area (Å²) < 4.78 is 7.89. The Bertz CT molecular complexity index is 187. The van der Waals surface area contributed by atoms with Crippen LogP contribution in [0.25, 0.3) is 0 Å². The van der Waals surface area contributed by atoms with Crippen molar-refractivity contribution in [1.82, 2.24) is 0 Å². The zero-order chi connectivity index (χ0) is 10.5. The summed E-state index contributed by atoms with van der Waals surface area (Å²) in [5.41, 5.74) is 9.61. The molecule has 0 aromatic rings. The number of rotatable bonds is 4. The van der Waals surface area contributed by atoms with Crippen LogP contribution in [-0.4, -0.2) is 43.7 Å². The van der Waals surface area contributed by atoms with Crippen LogP contribution in [0.2, 0.25) is 0 Å². The lowest BCUT2D eigenvalue weighted by Gasteiger charge is -2.14. The summed E-state index contributed by atoms with van der Waals surface area (Å²) in [4.78, 5) is 38.5. The van der Waals surface area contributed by atoms with E-state index in [0.29, 0.717) is 0 Å². The van der Waals surface area contributed by atoms with Gasteiger partial charge in [0.25, 0.3) is 0 Å². The Hall–Kier alpha value is -1.00. The largest absolute Gasteiger partial charge is 0.819 e. The highest BCUT2D eigenvalue weighted by molar-refractivity contribution is 6.54. The Balaban J connectivity index is 4.07. The van der Waals surface area contributed by atoms with Crippen molar-refractivity contribution in [2.24, 2.45) is 11.5 Å². The van der Waals surface area contributed by atoms with Gasteiger partial charge < -0.3 is 29.9 Å². The van der Waals surface area contributed by atoms with E-state index >= 15 is 0 Å². The molecule has 8 nitrogen and oxygen atoms in total. The minimum atomic E-state index is -4.73. The zero-order valence-electron chi connectivity index (χ0n) is 6.60. The molecule has 0 amide bonds. The molecular weight excluding hydrogens is 200 g/mol. The monoisotopic (exact) mass is 210 g/mol. The van der Waals surface area contributed by atoms with E-state index in [1.54, 1.807) is 0 Å². The van der Waals surface area contributed by atoms with E-state index in [1.807, 2.05) is 0 Å². The summed E-state index contributed by atoms with van der Waals surface area (Å²) in [7, 11) is -4.73. The molecule has 0 unspecified atom stereocenters. The molecule has 0 aliphatic rings. The molecule has 0 heterocycles. The third-order valence-electron chi connectivity index (χ3n) is 0.827. The van der Waals surface area contributed by atoms with Gasteiger partial charge in [0.05, 0.1) is 13.1 Å². The van der Waals surface area contributed by atoms with Crippen molar-refractivity contribution in [2.75, 3.05) is 13.1 Å². The first-order valence-corrected chi connectivity index (χ1v) is 4.91. The van der Waals surface area contributed by atoms with Crippen LogP contribution in [0.1, 0.15) is 0 Å². The highest BCUT2D eigenvalue weighted by Crippen LogP contribution is 1.98. The van der Waals surface area contributed by atoms with Crippen LogP contribution in [0.5, 0.6) is 0 Å². The van der Waals surface area contributed by atoms with Gasteiger partial charge in [-0.25, -0.2) is 0 Å². The van der Waals surface area contributed by atoms with Gasteiger partial charge in [-0.3, -0.25) is 9.59 Å². The second-order valence-corrected chi connectivity index (χ2v) is 3.41. The molecule has 0 saturated heterocycles. The molecule has 0 aliphatic heterocycles. The fraction of sp³-hybridized carbons (Fsp3) is 0.500. The van der Waals surface area contributed by atoms with E-state index in [1.165, 1.54) is 0 Å². The van der Waals surface area contributed by atoms with Gasteiger partial charge in [-0.2, -0.15) is 0 Å². The number of nitrogens with two attached hydrogens (primary N) is 2. The predicted octanol–water partition coefficient (Wildman–Crippen LogP) is -3.59. The van der Waals surface area contributed by atoms with Crippen LogP contribution >= 0.6 is 0 Å². The maximum Gasteiger partial charge on any atom is 0.819 e. The third kappa shape index (κ3) is 5.27. The maximum absolute atomic E-state index is 10.4. The van der Waals surface area contributed by atoms with Gasteiger partial charge in [-0.1, -0.05) is 0 Å². The summed E-state index contributed by atoms with van der Waals surface area (Å²) in [6.45, 7) is -1.09. The highest BCUT2D eigenvalue weighted by atomic mass is 28.4. The third-order valence-corrected chi connectivity index (χ3v) is 1.81. The first kappa shape index (κ1) is 12.0. The Kier molecular flexibility index (Phi) is 4.51. The molecule has 0 fully saturated rings. The number of hydrogen-bond donors (Lipinski definition) is 4. The molecule has 0 aromatic carbocycles. The molecule has 13 heavy (non-hydrogen) atoms. The topological polar surface area (TPSA) is 145 Å². The van der Waals surface area contributed by atoms with Gasteiger partial charge in [-0.05, 0) is 0 Å². The Morgan fingerprint density at radius 2 is 1.38 bits per heavy atom. The lowest BCUT2D eigenvalue weighted by molar-refractivity contribution is -0.147. The molecule has 0 saturated carbocycles. The molecule has 0 rings (SSSR count). The molecule has 0 spiro atoms. The molecule has 6 N–H and O–H groups in total. The van der Waals surface area contributed by atoms with Crippen molar-refractivity contribution < 1.29 is 28.0 Å². The van der Waals surface area contributed by atoms with Gasteiger partial charge in [0.15, 0.2) is 0 Å². The minimum Gasteiger partial charge on any atom is -0.442 e. The smallest absolute Gasteiger partial charge is 0.442 e. The Labute approximate surface area is 74.5 Å². The zero-order valence-corrected chi connectivity index (χ0v) is 7.60. The molecule has 9 heteroatoms. The first-order chi connectivity index (χ1) is 5.91. The van der Waals surface area contributed by atoms with Crippen LogP contribution in [0.4, 0.5) is 0 Å². The maximum atomic E-state index is 10.4. The average Bonchev–Trinajstić information content (AvgIpc) is 2.02. The normalized spacial score (nSPS) is 10.8. The molecule has 0 aromatic heterocycles. The fourth-order valence-corrected chi connectivity index (χ4v) is 1.20. The van der Waals surface area contributed by atoms with E-state index in [0.717, 1.165) is 0 Å². The summed E-state index contributed by atoms with van der Waals surface area (Å²) in [5, 5.41) is 0. The van der Waals surface area contributed by atoms with Crippen LogP contribution in [-0.2, 0) is 18.4 Å². The van der Waals surface area contributed by atoms with Gasteiger partial charge in [0, 0.05) is 0 Å². The molecule has 0 bridgehead atoms. The fourth-order valence-electron chi connectivity index (χ4n) is 0.401. The highest BCUT2D eigenvalue weighted by Gasteiger charge is 2.45. The van der Waals surface area contributed by atoms with E-state index in [4.69, 9.17) is 21.1 Å². The first-order valence-electron chi connectivity index (χ1n) is 3.20. The predicted molar refractivity (Wildman–Crippen MR) is 40.5 cm³/mol. The average molecular weight is 210 g/mol. The molecular formula is C4H10N2O6Si. The second-order valence-electron chi connectivity index (χ2n) is 1.90. The van der Waals surface area contributed by atoms with Crippen molar-refractivity contribution in [2.45, 2.75) is 0 Å². The van der Waals surface area contributed by atoms with Crippen molar-refractivity contribution in [3.63, 3.8) is 0 Å². The van der Waals surface area contributed by atoms with Crippen LogP contribution in [0.3, 0.4) is 0 Å². The Morgan fingerprint density at radius 3 is 1.62 bits per heavy atom. The second kappa shape index (κ2) is 4.89. The van der Waals surface area contributed by atoms with E-state index in [2.05, 4.69) is 8.85 Å². The van der Waals surface area contributed by atoms with Crippen LogP contribution < -0.4 is 11.5 Å². The molecule has 0 atom stereocenters. The van der Waals surface area contributed by atoms with Gasteiger partial charge in [0.1, 0.15) is 0 Å². The van der Waals surface area contributed by atoms with Crippen molar-refractivity contribution in [1.29, 1.82) is 0 Å². The van der Waals surface area contributed by atoms with Crippen molar-refractivity contribution in [3.05, 3.63) is 0 Å². The van der Waals surface area contributed by atoms with Crippen LogP contribution in [0.15, 0.2) is 0 Å². The van der Waals surface area contributed by atoms with Gasteiger partial charge >= 0.3 is 21.0 Å². The van der Waals surface area contributed by atoms with Gasteiger partial charge in [0.2, 0.25) is 0 Å². The standard InChI is InChI=1S/C4H10N2O6Si/c5-1-3(7)11-13(9,10)12-4(8)2-6/h9-10H,1-2,5-6H2. The molecule has 0 aliphatic carbocycles. The number of carbonyl (C=O) groups is 2. The Morgan fingerprint density at radius 1 is 1.08 bits per heavy atom. The summed E-state index contributed by atoms with van der Waals surface area (Å²) in [6, 6.07) is 0. The lowest BCUT2D eigenvalue weighted by atomic mass is 10.7. The SMILES string of the molecule is NCC(=O)O[Si](O)(O)OC(=O)CN. The lowest BCUT2D eigenvalue weighted by Crippen LogP contribution is -2.48. The van der Waals surface area contributed by atoms with Crippen molar-refractivity contribution in [3.8, 4) is 0 Å². The summed E-state index contributed by atoms with van der Waals surface area (Å²) in [5.74, 6) is -2.16. The summed E-state index contributed by atoms with van der Waals surface area (Å²) >= 11 is 0. The van der Waals surface area contributed by atoms with Crippen molar-refractivity contribution >= 4 is 21.0 Å². The molecule has 0 radical (unpaired) electrons. The van der Waals surface area contributed by atoms with E-state index < -0.39 is 34.1 Å². The van der Waals surface area contributed by atoms with E-state index in [-0.39, 0.29) is 0 Å². The van der Waals surface area contributed by atoms with E-state index in [9.17, 15) is 9.59 Å². The van der Waals surface area contributed by atoms with Gasteiger partial charge in [-0.15, -0.1) is 0 Å². The van der Waals surface area contributed by atoms with Crippen LogP contribution in [0, 0.1) is 0 Å². The number of hydrogen-bond acceptors (Lipinski definition) is 8. The quantitative estimate of drug-likeness (QED) is 0.348. The number of carbonyl (C=O) groups excluding carboxylic acids is 2.